The summed E-state index contributed by atoms with van der Waals surface area (Å²) in [6.07, 6.45) is 0. The zero-order valence-electron chi connectivity index (χ0n) is 8.68. The van der Waals surface area contributed by atoms with E-state index in [1.807, 2.05) is 6.07 Å². The first kappa shape index (κ1) is 11.2. The van der Waals surface area contributed by atoms with Crippen LogP contribution in [-0.2, 0) is 0 Å². The molecule has 8 heteroatoms. The van der Waals surface area contributed by atoms with E-state index in [-0.39, 0.29) is 11.9 Å². The monoisotopic (exact) mass is 251 g/mol. The van der Waals surface area contributed by atoms with E-state index in [0.717, 1.165) is 5.39 Å². The van der Waals surface area contributed by atoms with Crippen molar-refractivity contribution >= 4 is 40.1 Å². The molecule has 0 aliphatic carbocycles. The van der Waals surface area contributed by atoms with Gasteiger partial charge in [0.2, 0.25) is 5.96 Å². The topological polar surface area (TPSA) is 131 Å². The van der Waals surface area contributed by atoms with Crippen LogP contribution in [0.4, 0.5) is 5.69 Å². The number of rotatable bonds is 1. The van der Waals surface area contributed by atoms with Gasteiger partial charge in [-0.05, 0) is 12.1 Å². The first-order chi connectivity index (χ1) is 8.08. The lowest BCUT2D eigenvalue weighted by molar-refractivity contribution is 1.12. The van der Waals surface area contributed by atoms with Crippen molar-refractivity contribution in [1.29, 1.82) is 0 Å². The van der Waals surface area contributed by atoms with Crippen LogP contribution >= 0.6 is 11.6 Å². The van der Waals surface area contributed by atoms with E-state index in [1.54, 1.807) is 12.1 Å². The number of guanidine groups is 2. The van der Waals surface area contributed by atoms with Gasteiger partial charge in [0, 0.05) is 5.39 Å². The molecule has 0 saturated heterocycles. The average molecular weight is 252 g/mol. The van der Waals surface area contributed by atoms with Gasteiger partial charge in [0.15, 0.2) is 5.96 Å². The second-order valence-corrected chi connectivity index (χ2v) is 3.60. The Kier molecular flexibility index (Phi) is 2.84. The van der Waals surface area contributed by atoms with Gasteiger partial charge in [-0.3, -0.25) is 5.10 Å². The van der Waals surface area contributed by atoms with Gasteiger partial charge >= 0.3 is 0 Å². The first-order valence-electron chi connectivity index (χ1n) is 4.64. The highest BCUT2D eigenvalue weighted by Gasteiger charge is 2.06. The molecule has 7 nitrogen and oxygen atoms in total. The molecular formula is C9H10ClN7. The van der Waals surface area contributed by atoms with Crippen LogP contribution in [0.15, 0.2) is 28.2 Å². The summed E-state index contributed by atoms with van der Waals surface area (Å²) in [6.45, 7) is 0. The lowest BCUT2D eigenvalue weighted by Gasteiger charge is -1.97. The van der Waals surface area contributed by atoms with Crippen molar-refractivity contribution in [3.63, 3.8) is 0 Å². The number of hydrogen-bond donors (Lipinski definition) is 4. The fraction of sp³-hybridized carbons (Fsp3) is 0. The summed E-state index contributed by atoms with van der Waals surface area (Å²) in [4.78, 5) is 7.66. The predicted octanol–water partition coefficient (Wildman–Crippen LogP) is 0.436. The molecule has 0 atom stereocenters. The van der Waals surface area contributed by atoms with E-state index in [2.05, 4.69) is 20.2 Å². The van der Waals surface area contributed by atoms with E-state index in [0.29, 0.717) is 16.4 Å². The Morgan fingerprint density at radius 3 is 2.76 bits per heavy atom. The molecule has 0 fully saturated rings. The van der Waals surface area contributed by atoms with E-state index < -0.39 is 0 Å². The third-order valence-electron chi connectivity index (χ3n) is 2.00. The molecule has 1 aromatic carbocycles. The number of para-hydroxylation sites is 1. The van der Waals surface area contributed by atoms with Crippen molar-refractivity contribution in [2.24, 2.45) is 27.2 Å². The molecule has 17 heavy (non-hydrogen) atoms. The maximum absolute atomic E-state index is 5.90. The summed E-state index contributed by atoms with van der Waals surface area (Å²) in [7, 11) is 0. The maximum atomic E-state index is 5.90. The molecule has 0 spiro atoms. The number of nitrogens with two attached hydrogens (primary N) is 3. The van der Waals surface area contributed by atoms with Gasteiger partial charge in [-0.15, -0.1) is 0 Å². The minimum Gasteiger partial charge on any atom is -0.370 e. The Morgan fingerprint density at radius 2 is 2.06 bits per heavy atom. The van der Waals surface area contributed by atoms with Crippen molar-refractivity contribution < 1.29 is 0 Å². The van der Waals surface area contributed by atoms with Crippen molar-refractivity contribution in [1.82, 2.24) is 10.2 Å². The predicted molar refractivity (Wildman–Crippen MR) is 68.2 cm³/mol. The van der Waals surface area contributed by atoms with Gasteiger partial charge in [0.25, 0.3) is 0 Å². The van der Waals surface area contributed by atoms with Gasteiger partial charge < -0.3 is 17.2 Å². The number of H-pyrrole nitrogens is 1. The molecule has 88 valence electrons. The largest absolute Gasteiger partial charge is 0.370 e. The van der Waals surface area contributed by atoms with Crippen molar-refractivity contribution in [2.75, 3.05) is 0 Å². The Morgan fingerprint density at radius 1 is 1.29 bits per heavy atom. The molecule has 0 bridgehead atoms. The molecule has 2 rings (SSSR count). The number of aromatic amines is 1. The average Bonchev–Trinajstić information content (AvgIpc) is 2.61. The summed E-state index contributed by atoms with van der Waals surface area (Å²) in [5, 5.41) is 7.87. The highest BCUT2D eigenvalue weighted by molar-refractivity contribution is 6.34. The van der Waals surface area contributed by atoms with Crippen molar-refractivity contribution in [3.8, 4) is 0 Å². The Bertz CT molecular complexity index is 609. The van der Waals surface area contributed by atoms with Crippen LogP contribution in [0.2, 0.25) is 5.15 Å². The van der Waals surface area contributed by atoms with Gasteiger partial charge in [-0.25, -0.2) is 4.99 Å². The Labute approximate surface area is 101 Å². The molecule has 7 N–H and O–H groups in total. The van der Waals surface area contributed by atoms with Gasteiger partial charge in [-0.1, -0.05) is 17.7 Å². The van der Waals surface area contributed by atoms with Gasteiger partial charge in [-0.2, -0.15) is 10.1 Å². The first-order valence-corrected chi connectivity index (χ1v) is 5.02. The Hall–Kier alpha value is -2.28. The van der Waals surface area contributed by atoms with Crippen LogP contribution in [0, 0.1) is 0 Å². The minimum atomic E-state index is -0.154. The second-order valence-electron chi connectivity index (χ2n) is 3.22. The molecule has 0 aliphatic rings. The Balaban J connectivity index is 2.53. The standard InChI is InChI=1S/C9H10ClN7/c10-7-4-2-1-3-5(6(4)16-17-7)14-9(13)15-8(11)12/h1-3H,(H,16,17)(H6,11,12,13,14,15). The molecule has 1 aromatic heterocycles. The van der Waals surface area contributed by atoms with E-state index in [4.69, 9.17) is 28.8 Å². The third-order valence-corrected chi connectivity index (χ3v) is 2.28. The number of nitrogens with one attached hydrogen (secondary N) is 1. The number of aromatic nitrogens is 2. The number of fused-ring (bicyclic) bond motifs is 1. The molecule has 0 amide bonds. The second kappa shape index (κ2) is 4.30. The third kappa shape index (κ3) is 2.28. The van der Waals surface area contributed by atoms with Crippen LogP contribution in [0.5, 0.6) is 0 Å². The summed E-state index contributed by atoms with van der Waals surface area (Å²) in [5.41, 5.74) is 17.0. The molecule has 0 aliphatic heterocycles. The number of benzene rings is 1. The smallest absolute Gasteiger partial charge is 0.223 e. The normalized spacial score (nSPS) is 11.7. The fourth-order valence-corrected chi connectivity index (χ4v) is 1.56. The van der Waals surface area contributed by atoms with E-state index in [1.165, 1.54) is 0 Å². The highest BCUT2D eigenvalue weighted by Crippen LogP contribution is 2.28. The van der Waals surface area contributed by atoms with Crippen molar-refractivity contribution in [3.05, 3.63) is 23.4 Å². The van der Waals surface area contributed by atoms with E-state index in [9.17, 15) is 0 Å². The lowest BCUT2D eigenvalue weighted by atomic mass is 10.2. The lowest BCUT2D eigenvalue weighted by Crippen LogP contribution is -2.26. The summed E-state index contributed by atoms with van der Waals surface area (Å²) in [5.74, 6) is -0.199. The van der Waals surface area contributed by atoms with Crippen LogP contribution in [0.3, 0.4) is 0 Å². The SMILES string of the molecule is NC(N)=NC(N)=Nc1cccc2c(Cl)[nH]nc12. The number of aliphatic imine (C=N–C) groups is 2. The zero-order chi connectivity index (χ0) is 12.4. The molecule has 2 aromatic rings. The van der Waals surface area contributed by atoms with E-state index >= 15 is 0 Å². The number of hydrogen-bond acceptors (Lipinski definition) is 2. The minimum absolute atomic E-state index is 0.0448. The fourth-order valence-electron chi connectivity index (χ4n) is 1.36. The molecule has 0 radical (unpaired) electrons. The van der Waals surface area contributed by atoms with Crippen LogP contribution in [0.25, 0.3) is 10.9 Å². The maximum Gasteiger partial charge on any atom is 0.223 e. The molecule has 1 heterocycles. The highest BCUT2D eigenvalue weighted by atomic mass is 35.5. The summed E-state index contributed by atoms with van der Waals surface area (Å²) >= 11 is 5.90. The summed E-state index contributed by atoms with van der Waals surface area (Å²) < 4.78 is 0. The van der Waals surface area contributed by atoms with Gasteiger partial charge in [0.05, 0.1) is 5.69 Å². The number of nitrogens with zero attached hydrogens (tertiary/aromatic N) is 3. The summed E-state index contributed by atoms with van der Waals surface area (Å²) in [6, 6.07) is 5.33. The zero-order valence-corrected chi connectivity index (χ0v) is 9.44. The van der Waals surface area contributed by atoms with Crippen LogP contribution in [-0.4, -0.2) is 22.1 Å². The molecule has 0 unspecified atom stereocenters. The molecule has 0 saturated carbocycles. The quantitative estimate of drug-likeness (QED) is 0.432. The van der Waals surface area contributed by atoms with Gasteiger partial charge in [0.1, 0.15) is 10.7 Å². The number of halogens is 1. The van der Waals surface area contributed by atoms with Crippen LogP contribution < -0.4 is 17.2 Å². The molecular weight excluding hydrogens is 242 g/mol. The van der Waals surface area contributed by atoms with Crippen LogP contribution in [0.1, 0.15) is 0 Å². The van der Waals surface area contributed by atoms with Crippen molar-refractivity contribution in [2.45, 2.75) is 0 Å².